The molecule has 7 nitrogen and oxygen atoms in total. The highest BCUT2D eigenvalue weighted by Gasteiger charge is 2.20. The second-order valence-electron chi connectivity index (χ2n) is 7.49. The van der Waals surface area contributed by atoms with Crippen molar-refractivity contribution in [3.05, 3.63) is 83.7 Å². The number of esters is 1. The van der Waals surface area contributed by atoms with Crippen molar-refractivity contribution in [3.63, 3.8) is 0 Å². The van der Waals surface area contributed by atoms with Crippen LogP contribution in [0.3, 0.4) is 0 Å². The van der Waals surface area contributed by atoms with Gasteiger partial charge in [0.25, 0.3) is 0 Å². The number of likely N-dealkylation sites (N-methyl/N-ethyl adjacent to an activating group) is 1. The van der Waals surface area contributed by atoms with E-state index in [0.717, 1.165) is 33.5 Å². The normalized spacial score (nSPS) is 10.6. The maximum Gasteiger partial charge on any atom is 0.325 e. The van der Waals surface area contributed by atoms with Crippen LogP contribution in [0.4, 0.5) is 11.4 Å². The number of aromatic hydroxyl groups is 1. The molecule has 2 N–H and O–H groups in total. The number of hydrogen-bond acceptors (Lipinski definition) is 6. The van der Waals surface area contributed by atoms with Gasteiger partial charge in [0.15, 0.2) is 5.88 Å². The first-order valence-corrected chi connectivity index (χ1v) is 12.2. The van der Waals surface area contributed by atoms with Gasteiger partial charge in [-0.15, -0.1) is 0 Å². The SMILES string of the molecule is CC.CC.COC(=O)CN(C)c1ccc2[nH]c(O)c(C(=Nc3ccnc(C)c3)c3ccccc3)c2c1. The molecule has 0 saturated heterocycles. The molecule has 0 aliphatic carbocycles. The summed E-state index contributed by atoms with van der Waals surface area (Å²) in [5.41, 5.74) is 5.27. The van der Waals surface area contributed by atoms with Crippen LogP contribution in [-0.4, -0.2) is 47.5 Å². The molecule has 4 rings (SSSR count). The van der Waals surface area contributed by atoms with Crippen LogP contribution in [-0.2, 0) is 9.53 Å². The van der Waals surface area contributed by atoms with Crippen molar-refractivity contribution in [2.24, 2.45) is 4.99 Å². The van der Waals surface area contributed by atoms with Crippen molar-refractivity contribution in [2.45, 2.75) is 34.6 Å². The molecule has 7 heteroatoms. The fourth-order valence-corrected chi connectivity index (χ4v) is 3.58. The van der Waals surface area contributed by atoms with Gasteiger partial charge >= 0.3 is 5.97 Å². The zero-order chi connectivity index (χ0) is 26.7. The molecule has 0 atom stereocenters. The average Bonchev–Trinajstić information content (AvgIpc) is 3.24. The van der Waals surface area contributed by atoms with Gasteiger partial charge < -0.3 is 19.7 Å². The molecule has 2 aromatic heterocycles. The van der Waals surface area contributed by atoms with Gasteiger partial charge in [-0.25, -0.2) is 4.99 Å². The first kappa shape index (κ1) is 28.1. The van der Waals surface area contributed by atoms with Crippen LogP contribution in [0.2, 0.25) is 0 Å². The van der Waals surface area contributed by atoms with Crippen LogP contribution >= 0.6 is 0 Å². The lowest BCUT2D eigenvalue weighted by atomic mass is 10.0. The second-order valence-corrected chi connectivity index (χ2v) is 7.49. The van der Waals surface area contributed by atoms with Gasteiger partial charge in [-0.2, -0.15) is 0 Å². The molecule has 0 aliphatic rings. The van der Waals surface area contributed by atoms with Crippen molar-refractivity contribution in [1.82, 2.24) is 9.97 Å². The maximum absolute atomic E-state index is 11.7. The summed E-state index contributed by atoms with van der Waals surface area (Å²) in [6, 6.07) is 19.1. The van der Waals surface area contributed by atoms with Gasteiger partial charge in [-0.1, -0.05) is 58.0 Å². The van der Waals surface area contributed by atoms with E-state index >= 15 is 0 Å². The van der Waals surface area contributed by atoms with E-state index in [2.05, 4.69) is 9.97 Å². The number of ether oxygens (including phenoxy) is 1. The number of carbonyl (C=O) groups is 1. The van der Waals surface area contributed by atoms with Crippen molar-refractivity contribution in [1.29, 1.82) is 0 Å². The molecule has 0 radical (unpaired) electrons. The predicted octanol–water partition coefficient (Wildman–Crippen LogP) is 6.41. The Hall–Kier alpha value is -4.13. The van der Waals surface area contributed by atoms with Gasteiger partial charge in [0.2, 0.25) is 0 Å². The van der Waals surface area contributed by atoms with Crippen LogP contribution in [0.5, 0.6) is 5.88 Å². The molecule has 0 amide bonds. The Kier molecular flexibility index (Phi) is 10.7. The minimum absolute atomic E-state index is 0.0288. The monoisotopic (exact) mass is 488 g/mol. The molecule has 2 heterocycles. The number of pyridine rings is 1. The first-order valence-electron chi connectivity index (χ1n) is 12.2. The van der Waals surface area contributed by atoms with Crippen LogP contribution in [0.15, 0.2) is 71.9 Å². The number of fused-ring (bicyclic) bond motifs is 1. The number of nitrogens with zero attached hydrogens (tertiary/aromatic N) is 3. The standard InChI is InChI=1S/C25H24N4O3.2C2H6/c1-16-13-18(11-12-26-16)27-24(17-7-5-4-6-8-17)23-20-14-19(29(2)15-22(30)32-3)9-10-21(20)28-25(23)31;2*1-2/h4-14,28,31H,15H2,1-3H3;2*1-2H3. The van der Waals surface area contributed by atoms with Crippen molar-refractivity contribution in [3.8, 4) is 5.88 Å². The van der Waals surface area contributed by atoms with Crippen LogP contribution in [0, 0.1) is 6.92 Å². The van der Waals surface area contributed by atoms with Crippen molar-refractivity contribution < 1.29 is 14.6 Å². The maximum atomic E-state index is 11.7. The minimum atomic E-state index is -0.329. The van der Waals surface area contributed by atoms with Crippen LogP contribution in [0.25, 0.3) is 10.9 Å². The van der Waals surface area contributed by atoms with E-state index in [9.17, 15) is 9.90 Å². The zero-order valence-electron chi connectivity index (χ0n) is 22.2. The summed E-state index contributed by atoms with van der Waals surface area (Å²) in [7, 11) is 3.18. The fourth-order valence-electron chi connectivity index (χ4n) is 3.58. The molecule has 0 aliphatic heterocycles. The summed E-state index contributed by atoms with van der Waals surface area (Å²) < 4.78 is 4.78. The van der Waals surface area contributed by atoms with Gasteiger partial charge in [-0.05, 0) is 37.3 Å². The Balaban J connectivity index is 0.00000109. The molecule has 0 unspecified atom stereocenters. The smallest absolute Gasteiger partial charge is 0.325 e. The molecule has 0 bridgehead atoms. The highest BCUT2D eigenvalue weighted by Crippen LogP contribution is 2.33. The van der Waals surface area contributed by atoms with E-state index in [4.69, 9.17) is 9.73 Å². The van der Waals surface area contributed by atoms with Gasteiger partial charge in [-0.3, -0.25) is 9.78 Å². The molecule has 36 heavy (non-hydrogen) atoms. The summed E-state index contributed by atoms with van der Waals surface area (Å²) in [5.74, 6) is -0.300. The van der Waals surface area contributed by atoms with E-state index in [1.54, 1.807) is 11.1 Å². The lowest BCUT2D eigenvalue weighted by molar-refractivity contribution is -0.138. The number of hydrogen-bond donors (Lipinski definition) is 2. The van der Waals surface area contributed by atoms with E-state index in [1.165, 1.54) is 7.11 Å². The Labute approximate surface area is 213 Å². The number of carbonyl (C=O) groups excluding carboxylic acids is 1. The van der Waals surface area contributed by atoms with Crippen molar-refractivity contribution >= 4 is 34.0 Å². The fraction of sp³-hybridized carbons (Fsp3) is 0.276. The van der Waals surface area contributed by atoms with Crippen molar-refractivity contribution in [2.75, 3.05) is 25.6 Å². The summed E-state index contributed by atoms with van der Waals surface area (Å²) in [5, 5.41) is 11.7. The molecule has 2 aromatic carbocycles. The predicted molar refractivity (Wildman–Crippen MR) is 149 cm³/mol. The average molecular weight is 489 g/mol. The number of H-pyrrole nitrogens is 1. The zero-order valence-corrected chi connectivity index (χ0v) is 22.2. The quantitative estimate of drug-likeness (QED) is 0.242. The Morgan fingerprint density at radius 3 is 2.39 bits per heavy atom. The number of nitrogens with one attached hydrogen (secondary N) is 1. The van der Waals surface area contributed by atoms with Crippen LogP contribution in [0.1, 0.15) is 44.5 Å². The number of aliphatic imine (C=N–C) groups is 1. The molecule has 0 spiro atoms. The second kappa shape index (κ2) is 13.7. The number of rotatable bonds is 6. The minimum Gasteiger partial charge on any atom is -0.494 e. The highest BCUT2D eigenvalue weighted by molar-refractivity contribution is 6.22. The Morgan fingerprint density at radius 1 is 1.06 bits per heavy atom. The lowest BCUT2D eigenvalue weighted by Crippen LogP contribution is -2.26. The lowest BCUT2D eigenvalue weighted by Gasteiger charge is -2.18. The topological polar surface area (TPSA) is 90.8 Å². The van der Waals surface area contributed by atoms with E-state index in [1.807, 2.05) is 102 Å². The molecular weight excluding hydrogens is 452 g/mol. The number of benzene rings is 2. The summed E-state index contributed by atoms with van der Waals surface area (Å²) in [4.78, 5) is 25.7. The van der Waals surface area contributed by atoms with E-state index in [0.29, 0.717) is 11.3 Å². The number of methoxy groups -OCH3 is 1. The summed E-state index contributed by atoms with van der Waals surface area (Å²) >= 11 is 0. The Bertz CT molecular complexity index is 1300. The molecule has 4 aromatic rings. The van der Waals surface area contributed by atoms with Crippen LogP contribution < -0.4 is 4.90 Å². The van der Waals surface area contributed by atoms with E-state index < -0.39 is 0 Å². The molecule has 0 saturated carbocycles. The summed E-state index contributed by atoms with van der Waals surface area (Å²) in [6.07, 6.45) is 1.71. The Morgan fingerprint density at radius 2 is 1.75 bits per heavy atom. The van der Waals surface area contributed by atoms with Gasteiger partial charge in [0, 0.05) is 41.1 Å². The van der Waals surface area contributed by atoms with Gasteiger partial charge in [0.1, 0.15) is 6.54 Å². The van der Waals surface area contributed by atoms with Gasteiger partial charge in [0.05, 0.1) is 24.1 Å². The first-order chi connectivity index (χ1) is 17.5. The third-order valence-corrected chi connectivity index (χ3v) is 5.20. The molecule has 0 fully saturated rings. The largest absolute Gasteiger partial charge is 0.494 e. The highest BCUT2D eigenvalue weighted by atomic mass is 16.5. The number of aromatic amines is 1. The molecular formula is C29H36N4O3. The third kappa shape index (κ3) is 6.72. The van der Waals surface area contributed by atoms with E-state index in [-0.39, 0.29) is 18.4 Å². The number of aromatic nitrogens is 2. The third-order valence-electron chi connectivity index (χ3n) is 5.20. The molecule has 190 valence electrons. The number of aryl methyl sites for hydroxylation is 1. The summed E-state index contributed by atoms with van der Waals surface area (Å²) in [6.45, 7) is 10.0. The number of anilines is 1.